The van der Waals surface area contributed by atoms with Crippen molar-refractivity contribution in [2.75, 3.05) is 38.2 Å². The number of aryl methyl sites for hydroxylation is 1. The van der Waals surface area contributed by atoms with E-state index < -0.39 is 0 Å². The zero-order chi connectivity index (χ0) is 11.4. The van der Waals surface area contributed by atoms with Crippen LogP contribution in [0.4, 0.5) is 6.01 Å². The van der Waals surface area contributed by atoms with E-state index in [1.807, 2.05) is 0 Å². The lowest BCUT2D eigenvalue weighted by Gasteiger charge is -2.28. The third-order valence-corrected chi connectivity index (χ3v) is 2.53. The molecule has 1 unspecified atom stereocenters. The number of nitrogens with one attached hydrogen (secondary N) is 1. The predicted octanol–water partition coefficient (Wildman–Crippen LogP) is 0.511. The number of nitrogens with zero attached hydrogens (tertiary/aromatic N) is 3. The topological polar surface area (TPSA) is 63.4 Å². The first-order valence-electron chi connectivity index (χ1n) is 5.61. The molecule has 90 valence electrons. The minimum absolute atomic E-state index is 0.290. The van der Waals surface area contributed by atoms with Crippen molar-refractivity contribution in [2.24, 2.45) is 0 Å². The fourth-order valence-electron chi connectivity index (χ4n) is 1.78. The Hall–Kier alpha value is -1.14. The van der Waals surface area contributed by atoms with Gasteiger partial charge in [0.25, 0.3) is 0 Å². The third kappa shape index (κ3) is 3.18. The summed E-state index contributed by atoms with van der Waals surface area (Å²) in [6.45, 7) is 8.52. The molecule has 0 aliphatic carbocycles. The van der Waals surface area contributed by atoms with Crippen LogP contribution in [-0.4, -0.2) is 53.9 Å². The number of hydrogen-bond acceptors (Lipinski definition) is 6. The number of morpholine rings is 1. The Kier molecular flexibility index (Phi) is 3.74. The Morgan fingerprint density at radius 2 is 2.19 bits per heavy atom. The fraction of sp³-hybridized carbons (Fsp3) is 0.800. The smallest absolute Gasteiger partial charge is 0.321 e. The minimum Gasteiger partial charge on any atom is -0.379 e. The van der Waals surface area contributed by atoms with Crippen molar-refractivity contribution in [3.8, 4) is 0 Å². The Bertz CT molecular complexity index is 322. The quantitative estimate of drug-likeness (QED) is 0.807. The molecule has 6 nitrogen and oxygen atoms in total. The molecule has 1 aromatic heterocycles. The molecule has 1 aliphatic heterocycles. The van der Waals surface area contributed by atoms with Crippen LogP contribution < -0.4 is 5.32 Å². The van der Waals surface area contributed by atoms with E-state index in [0.717, 1.165) is 32.8 Å². The Morgan fingerprint density at radius 1 is 1.44 bits per heavy atom. The normalized spacial score (nSPS) is 19.6. The van der Waals surface area contributed by atoms with Crippen LogP contribution in [0.1, 0.15) is 12.7 Å². The summed E-state index contributed by atoms with van der Waals surface area (Å²) >= 11 is 0. The number of ether oxygens (including phenoxy) is 1. The third-order valence-electron chi connectivity index (χ3n) is 2.53. The van der Waals surface area contributed by atoms with Crippen molar-refractivity contribution in [1.29, 1.82) is 0 Å². The van der Waals surface area contributed by atoms with E-state index >= 15 is 0 Å². The summed E-state index contributed by atoms with van der Waals surface area (Å²) in [7, 11) is 0. The van der Waals surface area contributed by atoms with Gasteiger partial charge >= 0.3 is 6.01 Å². The Balaban J connectivity index is 1.77. The maximum absolute atomic E-state index is 5.30. The highest BCUT2D eigenvalue weighted by Crippen LogP contribution is 2.06. The highest BCUT2D eigenvalue weighted by atomic mass is 16.5. The van der Waals surface area contributed by atoms with Crippen LogP contribution >= 0.6 is 0 Å². The van der Waals surface area contributed by atoms with Gasteiger partial charge in [-0.15, -0.1) is 0 Å². The first-order chi connectivity index (χ1) is 7.74. The van der Waals surface area contributed by atoms with Gasteiger partial charge in [-0.25, -0.2) is 0 Å². The number of anilines is 1. The predicted molar refractivity (Wildman–Crippen MR) is 59.4 cm³/mol. The minimum atomic E-state index is 0.290. The largest absolute Gasteiger partial charge is 0.379 e. The molecule has 0 spiro atoms. The van der Waals surface area contributed by atoms with Crippen molar-refractivity contribution in [3.05, 3.63) is 5.82 Å². The molecule has 1 N–H and O–H groups in total. The summed E-state index contributed by atoms with van der Waals surface area (Å²) in [5.41, 5.74) is 0. The summed E-state index contributed by atoms with van der Waals surface area (Å²) in [6, 6.07) is 0.788. The van der Waals surface area contributed by atoms with Gasteiger partial charge in [0.05, 0.1) is 13.2 Å². The van der Waals surface area contributed by atoms with E-state index in [9.17, 15) is 0 Å². The molecular formula is C10H18N4O2. The van der Waals surface area contributed by atoms with Crippen molar-refractivity contribution >= 4 is 6.01 Å². The van der Waals surface area contributed by atoms with Crippen molar-refractivity contribution in [2.45, 2.75) is 19.9 Å². The molecule has 0 radical (unpaired) electrons. The van der Waals surface area contributed by atoms with Gasteiger partial charge in [-0.2, -0.15) is 4.98 Å². The lowest BCUT2D eigenvalue weighted by Crippen LogP contribution is -2.42. The molecule has 1 atom stereocenters. The molecule has 0 bridgehead atoms. The van der Waals surface area contributed by atoms with E-state index in [0.29, 0.717) is 11.8 Å². The summed E-state index contributed by atoms with van der Waals surface area (Å²) in [4.78, 5) is 6.48. The van der Waals surface area contributed by atoms with E-state index in [1.54, 1.807) is 6.92 Å². The van der Waals surface area contributed by atoms with Crippen molar-refractivity contribution in [3.63, 3.8) is 0 Å². The number of rotatable bonds is 4. The van der Waals surface area contributed by atoms with Crippen LogP contribution in [-0.2, 0) is 4.74 Å². The van der Waals surface area contributed by atoms with Crippen LogP contribution in [0.15, 0.2) is 4.52 Å². The fourth-order valence-corrected chi connectivity index (χ4v) is 1.78. The van der Waals surface area contributed by atoms with Crippen LogP contribution in [0.25, 0.3) is 0 Å². The molecule has 0 amide bonds. The maximum atomic E-state index is 5.30. The molecular weight excluding hydrogens is 208 g/mol. The van der Waals surface area contributed by atoms with Gasteiger partial charge in [0.1, 0.15) is 0 Å². The van der Waals surface area contributed by atoms with Gasteiger partial charge in [-0.1, -0.05) is 5.16 Å². The molecule has 0 saturated carbocycles. The second-order valence-corrected chi connectivity index (χ2v) is 4.11. The monoisotopic (exact) mass is 226 g/mol. The van der Waals surface area contributed by atoms with E-state index in [4.69, 9.17) is 9.26 Å². The lowest BCUT2D eigenvalue weighted by molar-refractivity contribution is 0.0367. The van der Waals surface area contributed by atoms with Crippen molar-refractivity contribution in [1.82, 2.24) is 15.0 Å². The van der Waals surface area contributed by atoms with E-state index in [2.05, 4.69) is 27.3 Å². The van der Waals surface area contributed by atoms with Gasteiger partial charge < -0.3 is 14.6 Å². The van der Waals surface area contributed by atoms with Crippen LogP contribution in [0.3, 0.4) is 0 Å². The second-order valence-electron chi connectivity index (χ2n) is 4.11. The number of aromatic nitrogens is 2. The zero-order valence-corrected chi connectivity index (χ0v) is 9.77. The summed E-state index contributed by atoms with van der Waals surface area (Å²) < 4.78 is 10.3. The van der Waals surface area contributed by atoms with Gasteiger partial charge in [0.15, 0.2) is 5.82 Å². The average molecular weight is 226 g/mol. The standard InChI is InChI=1S/C10H18N4O2/c1-8(7-14-3-5-15-6-4-14)11-10-12-9(2)13-16-10/h8H,3-7H2,1-2H3,(H,11,12,13). The molecule has 2 heterocycles. The average Bonchev–Trinajstić information content (AvgIpc) is 2.65. The summed E-state index contributed by atoms with van der Waals surface area (Å²) in [5, 5.41) is 6.92. The maximum Gasteiger partial charge on any atom is 0.321 e. The van der Waals surface area contributed by atoms with E-state index in [1.165, 1.54) is 0 Å². The second kappa shape index (κ2) is 5.27. The molecule has 1 saturated heterocycles. The Morgan fingerprint density at radius 3 is 2.81 bits per heavy atom. The lowest BCUT2D eigenvalue weighted by atomic mass is 10.3. The number of hydrogen-bond donors (Lipinski definition) is 1. The molecule has 6 heteroatoms. The highest BCUT2D eigenvalue weighted by Gasteiger charge is 2.14. The van der Waals surface area contributed by atoms with Crippen LogP contribution in [0, 0.1) is 6.92 Å². The van der Waals surface area contributed by atoms with Crippen molar-refractivity contribution < 1.29 is 9.26 Å². The van der Waals surface area contributed by atoms with Gasteiger partial charge in [-0.05, 0) is 13.8 Å². The SMILES string of the molecule is Cc1noc(NC(C)CN2CCOCC2)n1. The molecule has 1 aromatic rings. The zero-order valence-electron chi connectivity index (χ0n) is 9.77. The molecule has 1 fully saturated rings. The van der Waals surface area contributed by atoms with Gasteiger partial charge in [-0.3, -0.25) is 4.90 Å². The molecule has 1 aliphatic rings. The molecule has 16 heavy (non-hydrogen) atoms. The first kappa shape index (κ1) is 11.3. The highest BCUT2D eigenvalue weighted by molar-refractivity contribution is 5.19. The Labute approximate surface area is 95.0 Å². The molecule has 0 aromatic carbocycles. The van der Waals surface area contributed by atoms with Gasteiger partial charge in [0.2, 0.25) is 0 Å². The van der Waals surface area contributed by atoms with E-state index in [-0.39, 0.29) is 6.04 Å². The van der Waals surface area contributed by atoms with Crippen LogP contribution in [0.2, 0.25) is 0 Å². The summed E-state index contributed by atoms with van der Waals surface area (Å²) in [6.07, 6.45) is 0. The first-order valence-corrected chi connectivity index (χ1v) is 5.61. The molecule has 2 rings (SSSR count). The summed E-state index contributed by atoms with van der Waals surface area (Å²) in [5.74, 6) is 0.654. The van der Waals surface area contributed by atoms with Gasteiger partial charge in [0, 0.05) is 25.7 Å². The van der Waals surface area contributed by atoms with Crippen LogP contribution in [0.5, 0.6) is 0 Å².